The highest BCUT2D eigenvalue weighted by Crippen LogP contribution is 2.16. The second-order valence-corrected chi connectivity index (χ2v) is 3.25. The zero-order valence-corrected chi connectivity index (χ0v) is 8.67. The van der Waals surface area contributed by atoms with Gasteiger partial charge in [0.25, 0.3) is 6.43 Å². The van der Waals surface area contributed by atoms with Crippen molar-refractivity contribution >= 4 is 0 Å². The van der Waals surface area contributed by atoms with Crippen molar-refractivity contribution in [1.29, 1.82) is 0 Å². The lowest BCUT2D eigenvalue weighted by molar-refractivity contribution is 0.140. The number of hydrogen-bond donors (Lipinski definition) is 2. The predicted molar refractivity (Wildman–Crippen MR) is 53.9 cm³/mol. The molecule has 1 aromatic rings. The van der Waals surface area contributed by atoms with Gasteiger partial charge in [-0.3, -0.25) is 0 Å². The molecule has 0 aliphatic heterocycles. The number of halogens is 2. The second-order valence-electron chi connectivity index (χ2n) is 3.25. The molecule has 1 heterocycles. The molecule has 0 saturated heterocycles. The first-order valence-electron chi connectivity index (χ1n) is 4.97. The van der Waals surface area contributed by atoms with Gasteiger partial charge in [-0.1, -0.05) is 6.92 Å². The van der Waals surface area contributed by atoms with Crippen molar-refractivity contribution in [3.05, 3.63) is 23.7 Å². The third-order valence-electron chi connectivity index (χ3n) is 2.13. The lowest BCUT2D eigenvalue weighted by atomic mass is 10.2. The van der Waals surface area contributed by atoms with Crippen LogP contribution in [0.25, 0.3) is 0 Å². The van der Waals surface area contributed by atoms with E-state index in [1.807, 2.05) is 13.0 Å². The van der Waals surface area contributed by atoms with E-state index in [4.69, 9.17) is 10.2 Å². The fraction of sp³-hybridized carbons (Fsp3) is 0.600. The SMILES string of the molecule is CCc1ccc(C(CN)NCC(F)F)o1. The average Bonchev–Trinajstić information content (AvgIpc) is 2.67. The molecule has 0 amide bonds. The molecule has 0 aliphatic carbocycles. The van der Waals surface area contributed by atoms with E-state index in [0.29, 0.717) is 5.76 Å². The molecule has 0 radical (unpaired) electrons. The second kappa shape index (κ2) is 5.82. The lowest BCUT2D eigenvalue weighted by Gasteiger charge is -2.13. The van der Waals surface area contributed by atoms with Crippen molar-refractivity contribution in [3.8, 4) is 0 Å². The molecule has 1 rings (SSSR count). The van der Waals surface area contributed by atoms with Gasteiger partial charge < -0.3 is 15.5 Å². The van der Waals surface area contributed by atoms with Gasteiger partial charge in [-0.15, -0.1) is 0 Å². The summed E-state index contributed by atoms with van der Waals surface area (Å²) in [5, 5.41) is 2.65. The van der Waals surface area contributed by atoms with Gasteiger partial charge in [-0.05, 0) is 12.1 Å². The van der Waals surface area contributed by atoms with Crippen LogP contribution < -0.4 is 11.1 Å². The molecule has 1 unspecified atom stereocenters. The number of nitrogens with two attached hydrogens (primary N) is 1. The first-order chi connectivity index (χ1) is 7.17. The van der Waals surface area contributed by atoms with Crippen LogP contribution in [-0.4, -0.2) is 19.5 Å². The first-order valence-corrected chi connectivity index (χ1v) is 4.97. The van der Waals surface area contributed by atoms with Crippen LogP contribution in [0.1, 0.15) is 24.5 Å². The molecule has 15 heavy (non-hydrogen) atoms. The smallest absolute Gasteiger partial charge is 0.250 e. The Bertz CT molecular complexity index is 289. The Morgan fingerprint density at radius 3 is 2.67 bits per heavy atom. The Morgan fingerprint density at radius 1 is 1.47 bits per heavy atom. The number of alkyl halides is 2. The maximum atomic E-state index is 12.0. The Balaban J connectivity index is 2.57. The molecule has 5 heteroatoms. The van der Waals surface area contributed by atoms with E-state index < -0.39 is 6.43 Å². The molecular weight excluding hydrogens is 202 g/mol. The molecule has 0 bridgehead atoms. The van der Waals surface area contributed by atoms with E-state index in [1.165, 1.54) is 0 Å². The quantitative estimate of drug-likeness (QED) is 0.764. The molecule has 1 aromatic heterocycles. The highest BCUT2D eigenvalue weighted by atomic mass is 19.3. The topological polar surface area (TPSA) is 51.2 Å². The first kappa shape index (κ1) is 12.1. The standard InChI is InChI=1S/C10H16F2N2O/c1-2-7-3-4-9(15-7)8(5-13)14-6-10(11)12/h3-4,8,10,14H,2,5-6,13H2,1H3. The summed E-state index contributed by atoms with van der Waals surface area (Å²) in [6.07, 6.45) is -1.59. The summed E-state index contributed by atoms with van der Waals surface area (Å²) in [5.74, 6) is 1.46. The van der Waals surface area contributed by atoms with Crippen molar-refractivity contribution in [3.63, 3.8) is 0 Å². The Morgan fingerprint density at radius 2 is 2.20 bits per heavy atom. The van der Waals surface area contributed by atoms with Gasteiger partial charge in [0.05, 0.1) is 12.6 Å². The van der Waals surface area contributed by atoms with Crippen LogP contribution in [0.3, 0.4) is 0 Å². The normalized spacial score (nSPS) is 13.4. The lowest BCUT2D eigenvalue weighted by Crippen LogP contribution is -2.31. The number of rotatable bonds is 6. The number of nitrogens with one attached hydrogen (secondary N) is 1. The van der Waals surface area contributed by atoms with Crippen LogP contribution in [0.2, 0.25) is 0 Å². The summed E-state index contributed by atoms with van der Waals surface area (Å²) in [6.45, 7) is 1.83. The Hall–Kier alpha value is -0.940. The molecule has 86 valence electrons. The van der Waals surface area contributed by atoms with E-state index in [1.54, 1.807) is 6.07 Å². The van der Waals surface area contributed by atoms with Crippen molar-refractivity contribution in [2.24, 2.45) is 5.73 Å². The van der Waals surface area contributed by atoms with Gasteiger partial charge in [-0.2, -0.15) is 0 Å². The van der Waals surface area contributed by atoms with Crippen LogP contribution in [0.15, 0.2) is 16.5 Å². The monoisotopic (exact) mass is 218 g/mol. The molecule has 0 fully saturated rings. The van der Waals surface area contributed by atoms with Crippen molar-refractivity contribution in [1.82, 2.24) is 5.32 Å². The summed E-state index contributed by atoms with van der Waals surface area (Å²) >= 11 is 0. The molecule has 0 spiro atoms. The van der Waals surface area contributed by atoms with Gasteiger partial charge in [0.2, 0.25) is 0 Å². The van der Waals surface area contributed by atoms with Gasteiger partial charge >= 0.3 is 0 Å². The fourth-order valence-corrected chi connectivity index (χ4v) is 1.30. The van der Waals surface area contributed by atoms with Gasteiger partial charge in [0.1, 0.15) is 11.5 Å². The maximum absolute atomic E-state index is 12.0. The van der Waals surface area contributed by atoms with Gasteiger partial charge in [-0.25, -0.2) is 8.78 Å². The summed E-state index contributed by atoms with van der Waals surface area (Å²) in [7, 11) is 0. The predicted octanol–water partition coefficient (Wildman–Crippen LogP) is 1.70. The highest BCUT2D eigenvalue weighted by Gasteiger charge is 2.15. The summed E-state index contributed by atoms with van der Waals surface area (Å²) in [4.78, 5) is 0. The van der Waals surface area contributed by atoms with Crippen LogP contribution in [-0.2, 0) is 6.42 Å². The van der Waals surface area contributed by atoms with Gasteiger partial charge in [0, 0.05) is 13.0 Å². The molecule has 3 nitrogen and oxygen atoms in total. The molecule has 0 aromatic carbocycles. The zero-order valence-electron chi connectivity index (χ0n) is 8.67. The number of hydrogen-bond acceptors (Lipinski definition) is 3. The van der Waals surface area contributed by atoms with Crippen LogP contribution in [0.5, 0.6) is 0 Å². The number of furan rings is 1. The Kier molecular flexibility index (Phi) is 4.71. The van der Waals surface area contributed by atoms with E-state index in [-0.39, 0.29) is 19.1 Å². The summed E-state index contributed by atoms with van der Waals surface area (Å²) < 4.78 is 29.4. The maximum Gasteiger partial charge on any atom is 0.250 e. The third-order valence-corrected chi connectivity index (χ3v) is 2.13. The van der Waals surface area contributed by atoms with Crippen LogP contribution in [0.4, 0.5) is 8.78 Å². The van der Waals surface area contributed by atoms with E-state index in [0.717, 1.165) is 12.2 Å². The van der Waals surface area contributed by atoms with Crippen molar-refractivity contribution in [2.45, 2.75) is 25.8 Å². The van der Waals surface area contributed by atoms with E-state index in [9.17, 15) is 8.78 Å². The number of aryl methyl sites for hydroxylation is 1. The molecule has 0 aliphatic rings. The van der Waals surface area contributed by atoms with Crippen LogP contribution in [0, 0.1) is 0 Å². The molecule has 0 saturated carbocycles. The third kappa shape index (κ3) is 3.60. The summed E-state index contributed by atoms with van der Waals surface area (Å²) in [6, 6.07) is 3.27. The highest BCUT2D eigenvalue weighted by molar-refractivity contribution is 5.11. The van der Waals surface area contributed by atoms with E-state index >= 15 is 0 Å². The van der Waals surface area contributed by atoms with Crippen molar-refractivity contribution < 1.29 is 13.2 Å². The van der Waals surface area contributed by atoms with Gasteiger partial charge in [0.15, 0.2) is 0 Å². The largest absolute Gasteiger partial charge is 0.464 e. The van der Waals surface area contributed by atoms with Crippen LogP contribution >= 0.6 is 0 Å². The molecule has 3 N–H and O–H groups in total. The van der Waals surface area contributed by atoms with E-state index in [2.05, 4.69) is 5.32 Å². The average molecular weight is 218 g/mol. The minimum atomic E-state index is -2.38. The minimum absolute atomic E-state index is 0.239. The molecule has 1 atom stereocenters. The summed E-state index contributed by atoms with van der Waals surface area (Å²) in [5.41, 5.74) is 5.47. The minimum Gasteiger partial charge on any atom is -0.464 e. The van der Waals surface area contributed by atoms with Crippen molar-refractivity contribution in [2.75, 3.05) is 13.1 Å². The fourth-order valence-electron chi connectivity index (χ4n) is 1.30. The zero-order chi connectivity index (χ0) is 11.3. The molecular formula is C10H16F2N2O. The Labute approximate surface area is 87.6 Å².